The van der Waals surface area contributed by atoms with E-state index in [1.54, 1.807) is 27.7 Å². The van der Waals surface area contributed by atoms with Gasteiger partial charge in [-0.2, -0.15) is 13.2 Å². The molecule has 10 heteroatoms. The standard InChI is InChI=1S/C18H21BClF5O3/c1-16(2)17(3,4)28-19(27-16)15(22)11(8-9-26-10-18(23,24)25)14-12(20)6-5-7-13(14)21/h5-7H,8-10H2,1-4H3. The molecule has 0 aliphatic carbocycles. The van der Waals surface area contributed by atoms with Gasteiger partial charge in [-0.05, 0) is 51.8 Å². The maximum Gasteiger partial charge on any atom is 0.525 e. The minimum absolute atomic E-state index is 0.0857. The van der Waals surface area contributed by atoms with E-state index in [-0.39, 0.29) is 22.6 Å². The average molecular weight is 427 g/mol. The van der Waals surface area contributed by atoms with Crippen molar-refractivity contribution in [3.05, 3.63) is 40.3 Å². The third kappa shape index (κ3) is 5.26. The van der Waals surface area contributed by atoms with Gasteiger partial charge in [0.1, 0.15) is 18.2 Å². The van der Waals surface area contributed by atoms with Crippen LogP contribution in [-0.4, -0.2) is 37.7 Å². The molecule has 1 heterocycles. The van der Waals surface area contributed by atoms with Crippen molar-refractivity contribution in [3.8, 4) is 0 Å². The average Bonchev–Trinajstić information content (AvgIpc) is 2.75. The van der Waals surface area contributed by atoms with Crippen molar-refractivity contribution in [3.63, 3.8) is 0 Å². The van der Waals surface area contributed by atoms with E-state index >= 15 is 4.39 Å². The van der Waals surface area contributed by atoms with E-state index < -0.39 is 49.3 Å². The SMILES string of the molecule is CC1(C)OB(C(F)=C(CCOCC(F)(F)F)c2c(F)cccc2Cl)OC1(C)C. The Morgan fingerprint density at radius 1 is 1.14 bits per heavy atom. The largest absolute Gasteiger partial charge is 0.525 e. The van der Waals surface area contributed by atoms with Crippen LogP contribution in [0.1, 0.15) is 39.7 Å². The second kappa shape index (κ2) is 8.30. The summed E-state index contributed by atoms with van der Waals surface area (Å²) in [6.07, 6.45) is -4.88. The maximum absolute atomic E-state index is 15.3. The fraction of sp³-hybridized carbons (Fsp3) is 0.556. The molecule has 156 valence electrons. The molecule has 0 radical (unpaired) electrons. The van der Waals surface area contributed by atoms with Gasteiger partial charge in [-0.1, -0.05) is 17.7 Å². The lowest BCUT2D eigenvalue weighted by molar-refractivity contribution is -0.173. The van der Waals surface area contributed by atoms with E-state index in [1.165, 1.54) is 12.1 Å². The molecule has 1 aromatic rings. The first-order valence-electron chi connectivity index (χ1n) is 8.58. The van der Waals surface area contributed by atoms with Crippen LogP contribution in [0.25, 0.3) is 5.57 Å². The molecule has 1 saturated heterocycles. The minimum Gasteiger partial charge on any atom is -0.398 e. The Bertz CT molecular complexity index is 713. The van der Waals surface area contributed by atoms with Gasteiger partial charge >= 0.3 is 13.3 Å². The van der Waals surface area contributed by atoms with E-state index in [1.807, 2.05) is 0 Å². The molecule has 0 amide bonds. The maximum atomic E-state index is 15.3. The number of ether oxygens (including phenoxy) is 1. The van der Waals surface area contributed by atoms with Crippen LogP contribution >= 0.6 is 11.6 Å². The first-order chi connectivity index (χ1) is 12.8. The van der Waals surface area contributed by atoms with Gasteiger partial charge in [0.2, 0.25) is 0 Å². The molecular weight excluding hydrogens is 405 g/mol. The van der Waals surface area contributed by atoms with Crippen molar-refractivity contribution in [2.24, 2.45) is 0 Å². The minimum atomic E-state index is -4.52. The van der Waals surface area contributed by atoms with Gasteiger partial charge in [-0.3, -0.25) is 0 Å². The molecule has 0 bridgehead atoms. The van der Waals surface area contributed by atoms with Gasteiger partial charge in [0.25, 0.3) is 0 Å². The Hall–Kier alpha value is -1.16. The zero-order valence-corrected chi connectivity index (χ0v) is 16.7. The highest BCUT2D eigenvalue weighted by atomic mass is 35.5. The Kier molecular flexibility index (Phi) is 6.85. The monoisotopic (exact) mass is 426 g/mol. The lowest BCUT2D eigenvalue weighted by Crippen LogP contribution is -2.41. The third-order valence-corrected chi connectivity index (χ3v) is 5.09. The van der Waals surface area contributed by atoms with Crippen LogP contribution < -0.4 is 0 Å². The van der Waals surface area contributed by atoms with Crippen LogP contribution in [0.3, 0.4) is 0 Å². The number of benzene rings is 1. The molecule has 28 heavy (non-hydrogen) atoms. The van der Waals surface area contributed by atoms with Crippen molar-refractivity contribution in [1.29, 1.82) is 0 Å². The molecule has 0 spiro atoms. The molecule has 0 aromatic heterocycles. The quantitative estimate of drug-likeness (QED) is 0.329. The van der Waals surface area contributed by atoms with Crippen molar-refractivity contribution in [2.45, 2.75) is 51.5 Å². The number of hydrogen-bond donors (Lipinski definition) is 0. The normalized spacial score (nSPS) is 19.7. The van der Waals surface area contributed by atoms with Crippen LogP contribution in [0.15, 0.2) is 23.9 Å². The third-order valence-electron chi connectivity index (χ3n) is 4.78. The van der Waals surface area contributed by atoms with Crippen molar-refractivity contribution < 1.29 is 36.0 Å². The highest BCUT2D eigenvalue weighted by Crippen LogP contribution is 2.41. The zero-order chi connectivity index (χ0) is 21.3. The molecule has 3 nitrogen and oxygen atoms in total. The van der Waals surface area contributed by atoms with Crippen molar-refractivity contribution in [2.75, 3.05) is 13.2 Å². The molecule has 0 saturated carbocycles. The summed E-state index contributed by atoms with van der Waals surface area (Å²) < 4.78 is 82.3. The predicted octanol–water partition coefficient (Wildman–Crippen LogP) is 5.76. The van der Waals surface area contributed by atoms with Gasteiger partial charge in [-0.15, -0.1) is 0 Å². The summed E-state index contributed by atoms with van der Waals surface area (Å²) in [6.45, 7) is 4.85. The summed E-state index contributed by atoms with van der Waals surface area (Å²) >= 11 is 6.03. The molecule has 0 atom stereocenters. The Labute approximate surface area is 165 Å². The molecule has 1 aliphatic rings. The summed E-state index contributed by atoms with van der Waals surface area (Å²) in [5.41, 5.74) is -3.19. The first kappa shape index (κ1) is 23.1. The van der Waals surface area contributed by atoms with E-state index in [0.29, 0.717) is 0 Å². The lowest BCUT2D eigenvalue weighted by atomic mass is 9.81. The summed E-state index contributed by atoms with van der Waals surface area (Å²) in [7, 11) is -1.45. The second-order valence-electron chi connectivity index (χ2n) is 7.43. The molecule has 1 aromatic carbocycles. The van der Waals surface area contributed by atoms with Gasteiger partial charge in [0.15, 0.2) is 0 Å². The van der Waals surface area contributed by atoms with Crippen LogP contribution in [-0.2, 0) is 14.0 Å². The molecule has 1 aliphatic heterocycles. The van der Waals surface area contributed by atoms with E-state index in [4.69, 9.17) is 20.9 Å². The van der Waals surface area contributed by atoms with Crippen molar-refractivity contribution in [1.82, 2.24) is 0 Å². The van der Waals surface area contributed by atoms with Crippen LogP contribution in [0, 0.1) is 5.82 Å². The molecule has 0 N–H and O–H groups in total. The molecular formula is C18H21BClF5O3. The Morgan fingerprint density at radius 2 is 1.71 bits per heavy atom. The number of alkyl halides is 3. The highest BCUT2D eigenvalue weighted by Gasteiger charge is 2.53. The number of halogens is 6. The van der Waals surface area contributed by atoms with Crippen LogP contribution in [0.5, 0.6) is 0 Å². The summed E-state index contributed by atoms with van der Waals surface area (Å²) in [6, 6.07) is 3.77. The van der Waals surface area contributed by atoms with Gasteiger partial charge in [0, 0.05) is 5.56 Å². The smallest absolute Gasteiger partial charge is 0.398 e. The highest BCUT2D eigenvalue weighted by molar-refractivity contribution is 6.55. The van der Waals surface area contributed by atoms with E-state index in [9.17, 15) is 17.6 Å². The second-order valence-corrected chi connectivity index (χ2v) is 7.84. The van der Waals surface area contributed by atoms with E-state index in [2.05, 4.69) is 4.74 Å². The topological polar surface area (TPSA) is 27.7 Å². The van der Waals surface area contributed by atoms with Gasteiger partial charge < -0.3 is 14.0 Å². The zero-order valence-electron chi connectivity index (χ0n) is 15.9. The number of rotatable bonds is 6. The van der Waals surface area contributed by atoms with Gasteiger partial charge in [-0.25, -0.2) is 8.78 Å². The lowest BCUT2D eigenvalue weighted by Gasteiger charge is -2.32. The molecule has 2 rings (SSSR count). The molecule has 0 unspecified atom stereocenters. The fourth-order valence-electron chi connectivity index (χ4n) is 2.60. The van der Waals surface area contributed by atoms with Gasteiger partial charge in [0.05, 0.1) is 22.8 Å². The fourth-order valence-corrected chi connectivity index (χ4v) is 2.88. The molecule has 1 fully saturated rings. The summed E-state index contributed by atoms with van der Waals surface area (Å²) in [5, 5.41) is -0.0857. The summed E-state index contributed by atoms with van der Waals surface area (Å²) in [4.78, 5) is 0. The Morgan fingerprint density at radius 3 is 2.21 bits per heavy atom. The van der Waals surface area contributed by atoms with Crippen molar-refractivity contribution >= 4 is 24.3 Å². The predicted molar refractivity (Wildman–Crippen MR) is 97.0 cm³/mol. The first-order valence-corrected chi connectivity index (χ1v) is 8.96. The summed E-state index contributed by atoms with van der Waals surface area (Å²) in [5.74, 6) is -0.815. The van der Waals surface area contributed by atoms with Crippen LogP contribution in [0.4, 0.5) is 22.0 Å². The Balaban J connectivity index is 2.36. The number of hydrogen-bond acceptors (Lipinski definition) is 3. The van der Waals surface area contributed by atoms with Crippen LogP contribution in [0.2, 0.25) is 5.02 Å². The van der Waals surface area contributed by atoms with E-state index in [0.717, 1.165) is 6.07 Å².